The number of rotatable bonds is 4. The standard InChI is InChI=1S/C10H13ClN2O4S2/c1-18(14,15)8-3-7(13-10(12)6-11)4-9(5-8)19(2,16)17/h3-5H,6H2,1-2H3,(H2,12,13). The number of halogens is 1. The van der Waals surface area contributed by atoms with Crippen LogP contribution >= 0.6 is 11.6 Å². The number of alkyl halides is 1. The third-order valence-corrected chi connectivity index (χ3v) is 4.59. The van der Waals surface area contributed by atoms with Crippen molar-refractivity contribution >= 4 is 42.8 Å². The summed E-state index contributed by atoms with van der Waals surface area (Å²) in [6.07, 6.45) is 1.96. The fourth-order valence-corrected chi connectivity index (χ4v) is 2.73. The van der Waals surface area contributed by atoms with Gasteiger partial charge in [-0.25, -0.2) is 21.8 Å². The van der Waals surface area contributed by atoms with Crippen molar-refractivity contribution in [1.82, 2.24) is 0 Å². The maximum Gasteiger partial charge on any atom is 0.175 e. The molecule has 1 aromatic carbocycles. The molecule has 0 aliphatic rings. The lowest BCUT2D eigenvalue weighted by atomic mass is 10.3. The minimum absolute atomic E-state index is 0.0443. The number of nitrogens with zero attached hydrogens (tertiary/aromatic N) is 1. The molecular weight excluding hydrogens is 312 g/mol. The highest BCUT2D eigenvalue weighted by Crippen LogP contribution is 2.24. The molecule has 9 heteroatoms. The fraction of sp³-hybridized carbons (Fsp3) is 0.300. The Morgan fingerprint density at radius 3 is 1.84 bits per heavy atom. The minimum atomic E-state index is -3.56. The van der Waals surface area contributed by atoms with Gasteiger partial charge in [0.05, 0.1) is 21.4 Å². The van der Waals surface area contributed by atoms with Crippen molar-refractivity contribution in [3.63, 3.8) is 0 Å². The van der Waals surface area contributed by atoms with E-state index in [1.165, 1.54) is 12.1 Å². The molecule has 0 saturated carbocycles. The lowest BCUT2D eigenvalue weighted by Gasteiger charge is -2.05. The first-order valence-electron chi connectivity index (χ1n) is 4.98. The van der Waals surface area contributed by atoms with Crippen molar-refractivity contribution in [3.05, 3.63) is 18.2 Å². The van der Waals surface area contributed by atoms with Crippen LogP contribution in [0.3, 0.4) is 0 Å². The highest BCUT2D eigenvalue weighted by Gasteiger charge is 2.15. The maximum atomic E-state index is 11.5. The summed E-state index contributed by atoms with van der Waals surface area (Å²) in [5.74, 6) is 0.0175. The van der Waals surface area contributed by atoms with Crippen LogP contribution in [0.1, 0.15) is 0 Å². The van der Waals surface area contributed by atoms with E-state index in [1.54, 1.807) is 0 Å². The van der Waals surface area contributed by atoms with Crippen molar-refractivity contribution in [2.75, 3.05) is 18.4 Å². The molecule has 0 unspecified atom stereocenters. The first-order valence-corrected chi connectivity index (χ1v) is 9.30. The third-order valence-electron chi connectivity index (χ3n) is 2.13. The number of aliphatic imine (C=N–C) groups is 1. The van der Waals surface area contributed by atoms with Gasteiger partial charge in [-0.15, -0.1) is 11.6 Å². The Kier molecular flexibility index (Phi) is 4.59. The summed E-state index contributed by atoms with van der Waals surface area (Å²) in [4.78, 5) is 3.58. The molecule has 0 amide bonds. The molecule has 0 aliphatic carbocycles. The number of benzene rings is 1. The first-order chi connectivity index (χ1) is 8.54. The molecule has 0 bridgehead atoms. The summed E-state index contributed by atoms with van der Waals surface area (Å²) in [5, 5.41) is 0. The van der Waals surface area contributed by atoms with E-state index in [1.807, 2.05) is 0 Å². The zero-order valence-corrected chi connectivity index (χ0v) is 12.7. The number of sulfone groups is 2. The zero-order chi connectivity index (χ0) is 14.8. The van der Waals surface area contributed by atoms with Gasteiger partial charge in [0.1, 0.15) is 5.84 Å². The van der Waals surface area contributed by atoms with E-state index < -0.39 is 19.7 Å². The van der Waals surface area contributed by atoms with E-state index in [9.17, 15) is 16.8 Å². The lowest BCUT2D eigenvalue weighted by Crippen LogP contribution is -2.12. The normalized spacial score (nSPS) is 13.5. The minimum Gasteiger partial charge on any atom is -0.386 e. The van der Waals surface area contributed by atoms with Crippen molar-refractivity contribution in [1.29, 1.82) is 0 Å². The van der Waals surface area contributed by atoms with Gasteiger partial charge in [-0.2, -0.15) is 0 Å². The summed E-state index contributed by atoms with van der Waals surface area (Å²) in [6, 6.07) is 3.56. The monoisotopic (exact) mass is 324 g/mol. The molecule has 19 heavy (non-hydrogen) atoms. The van der Waals surface area contributed by atoms with Gasteiger partial charge in [-0.3, -0.25) is 0 Å². The number of nitrogens with two attached hydrogens (primary N) is 1. The molecule has 0 fully saturated rings. The van der Waals surface area contributed by atoms with E-state index in [0.29, 0.717) is 0 Å². The van der Waals surface area contributed by atoms with E-state index in [0.717, 1.165) is 18.6 Å². The van der Waals surface area contributed by atoms with Crippen molar-refractivity contribution in [3.8, 4) is 0 Å². The van der Waals surface area contributed by atoms with Gasteiger partial charge in [0.25, 0.3) is 0 Å². The second kappa shape index (κ2) is 5.48. The Labute approximate surface area is 117 Å². The Bertz CT molecular complexity index is 674. The van der Waals surface area contributed by atoms with E-state index >= 15 is 0 Å². The Balaban J connectivity index is 3.60. The van der Waals surface area contributed by atoms with Gasteiger partial charge in [-0.1, -0.05) is 0 Å². The summed E-state index contributed by atoms with van der Waals surface area (Å²) in [6.45, 7) is 0. The smallest absolute Gasteiger partial charge is 0.175 e. The molecule has 0 saturated heterocycles. The largest absolute Gasteiger partial charge is 0.386 e. The van der Waals surface area contributed by atoms with Gasteiger partial charge in [0.15, 0.2) is 19.7 Å². The quantitative estimate of drug-likeness (QED) is 0.499. The molecule has 6 nitrogen and oxygen atoms in total. The van der Waals surface area contributed by atoms with Crippen LogP contribution in [0, 0.1) is 0 Å². The molecule has 0 heterocycles. The number of hydrogen-bond donors (Lipinski definition) is 1. The predicted molar refractivity (Wildman–Crippen MR) is 74.7 cm³/mol. The zero-order valence-electron chi connectivity index (χ0n) is 10.3. The topological polar surface area (TPSA) is 107 Å². The fourth-order valence-electron chi connectivity index (χ4n) is 1.25. The maximum absolute atomic E-state index is 11.5. The Morgan fingerprint density at radius 2 is 1.53 bits per heavy atom. The molecule has 1 aromatic rings. The van der Waals surface area contributed by atoms with Crippen LogP contribution in [0.5, 0.6) is 0 Å². The molecule has 0 atom stereocenters. The van der Waals surface area contributed by atoms with Crippen LogP contribution in [-0.2, 0) is 19.7 Å². The summed E-state index contributed by atoms with van der Waals surface area (Å²) in [5.41, 5.74) is 5.57. The highest BCUT2D eigenvalue weighted by molar-refractivity contribution is 7.91. The molecular formula is C10H13ClN2O4S2. The SMILES string of the molecule is CS(=O)(=O)c1cc(N=C(N)CCl)cc(S(C)(=O)=O)c1. The molecule has 106 valence electrons. The van der Waals surface area contributed by atoms with Gasteiger partial charge in [-0.05, 0) is 18.2 Å². The van der Waals surface area contributed by atoms with Crippen LogP contribution in [0.15, 0.2) is 33.0 Å². The molecule has 0 aliphatic heterocycles. The number of hydrogen-bond acceptors (Lipinski definition) is 5. The van der Waals surface area contributed by atoms with Crippen LogP contribution in [-0.4, -0.2) is 41.1 Å². The van der Waals surface area contributed by atoms with E-state index in [-0.39, 0.29) is 27.2 Å². The van der Waals surface area contributed by atoms with Gasteiger partial charge >= 0.3 is 0 Å². The molecule has 0 radical (unpaired) electrons. The molecule has 0 spiro atoms. The lowest BCUT2D eigenvalue weighted by molar-refractivity contribution is 0.600. The van der Waals surface area contributed by atoms with Crippen LogP contribution in [0.2, 0.25) is 0 Å². The Hall–Kier alpha value is -1.12. The van der Waals surface area contributed by atoms with E-state index in [4.69, 9.17) is 17.3 Å². The van der Waals surface area contributed by atoms with Crippen molar-refractivity contribution < 1.29 is 16.8 Å². The third kappa shape index (κ3) is 4.48. The van der Waals surface area contributed by atoms with Crippen LogP contribution in [0.4, 0.5) is 5.69 Å². The molecule has 2 N–H and O–H groups in total. The van der Waals surface area contributed by atoms with Gasteiger partial charge in [0.2, 0.25) is 0 Å². The average molecular weight is 325 g/mol. The second-order valence-corrected chi connectivity index (χ2v) is 8.24. The summed E-state index contributed by atoms with van der Waals surface area (Å²) in [7, 11) is -7.12. The van der Waals surface area contributed by atoms with Crippen molar-refractivity contribution in [2.24, 2.45) is 10.7 Å². The van der Waals surface area contributed by atoms with Crippen LogP contribution < -0.4 is 5.73 Å². The predicted octanol–water partition coefficient (Wildman–Crippen LogP) is 0.721. The average Bonchev–Trinajstić information content (AvgIpc) is 2.26. The van der Waals surface area contributed by atoms with Crippen LogP contribution in [0.25, 0.3) is 0 Å². The van der Waals surface area contributed by atoms with E-state index in [2.05, 4.69) is 4.99 Å². The Morgan fingerprint density at radius 1 is 1.11 bits per heavy atom. The summed E-state index contributed by atoms with van der Waals surface area (Å²) >= 11 is 5.47. The van der Waals surface area contributed by atoms with Crippen molar-refractivity contribution in [2.45, 2.75) is 9.79 Å². The highest BCUT2D eigenvalue weighted by atomic mass is 35.5. The van der Waals surface area contributed by atoms with Gasteiger partial charge < -0.3 is 5.73 Å². The summed E-state index contributed by atoms with van der Waals surface area (Å²) < 4.78 is 46.1. The number of amidine groups is 1. The molecule has 0 aromatic heterocycles. The second-order valence-electron chi connectivity index (χ2n) is 3.94. The first kappa shape index (κ1) is 15.9. The van der Waals surface area contributed by atoms with Gasteiger partial charge in [0, 0.05) is 12.5 Å². The molecule has 1 rings (SSSR count).